The maximum atomic E-state index is 12.0. The molecular weight excluding hydrogens is 542 g/mol. The first-order valence-electron chi connectivity index (χ1n) is 12.2. The normalized spacial score (nSPS) is 33.5. The summed E-state index contributed by atoms with van der Waals surface area (Å²) in [5.41, 5.74) is 9.02. The number of esters is 5. The van der Waals surface area contributed by atoms with E-state index in [9.17, 15) is 29.1 Å². The van der Waals surface area contributed by atoms with E-state index < -0.39 is 104 Å². The highest BCUT2D eigenvalue weighted by molar-refractivity contribution is 5.68. The van der Waals surface area contributed by atoms with Crippen molar-refractivity contribution in [2.75, 3.05) is 13.2 Å². The van der Waals surface area contributed by atoms with Crippen molar-refractivity contribution < 1.29 is 67.0 Å². The van der Waals surface area contributed by atoms with Gasteiger partial charge in [0.05, 0.1) is 0 Å². The van der Waals surface area contributed by atoms with Crippen molar-refractivity contribution in [3.8, 4) is 0 Å². The lowest BCUT2D eigenvalue weighted by Crippen LogP contribution is -2.64. The molecule has 17 nitrogen and oxygen atoms in total. The highest BCUT2D eigenvalue weighted by Gasteiger charge is 2.54. The van der Waals surface area contributed by atoms with Gasteiger partial charge in [-0.15, -0.1) is 0 Å². The van der Waals surface area contributed by atoms with Gasteiger partial charge >= 0.3 is 29.8 Å². The van der Waals surface area contributed by atoms with E-state index in [1.54, 1.807) is 6.92 Å². The Morgan fingerprint density at radius 1 is 0.750 bits per heavy atom. The molecule has 0 radical (unpaired) electrons. The van der Waals surface area contributed by atoms with Gasteiger partial charge < -0.3 is 43.0 Å². The molecule has 0 aromatic heterocycles. The molecule has 0 spiro atoms. The van der Waals surface area contributed by atoms with E-state index in [-0.39, 0.29) is 0 Å². The quantitative estimate of drug-likeness (QED) is 0.119. The largest absolute Gasteiger partial charge is 0.463 e. The number of nitrogens with zero attached hydrogens (tertiary/aromatic N) is 3. The number of hydrogen-bond acceptors (Lipinski definition) is 15. The van der Waals surface area contributed by atoms with Gasteiger partial charge in [0.25, 0.3) is 0 Å². The molecule has 40 heavy (non-hydrogen) atoms. The van der Waals surface area contributed by atoms with Gasteiger partial charge in [-0.2, -0.15) is 0 Å². The van der Waals surface area contributed by atoms with E-state index in [0.29, 0.717) is 0 Å². The predicted molar refractivity (Wildman–Crippen MR) is 126 cm³/mol. The smallest absolute Gasteiger partial charge is 0.303 e. The van der Waals surface area contributed by atoms with Crippen LogP contribution in [-0.4, -0.2) is 103 Å². The van der Waals surface area contributed by atoms with Crippen LogP contribution in [0.25, 0.3) is 10.4 Å². The molecule has 2 rings (SSSR count). The molecule has 0 aromatic carbocycles. The van der Waals surface area contributed by atoms with E-state index in [2.05, 4.69) is 10.0 Å². The van der Waals surface area contributed by atoms with Crippen LogP contribution in [-0.2, 0) is 61.9 Å². The molecule has 2 fully saturated rings. The van der Waals surface area contributed by atoms with Gasteiger partial charge in [0.1, 0.15) is 49.8 Å². The van der Waals surface area contributed by atoms with Crippen LogP contribution in [0.3, 0.4) is 0 Å². The Morgan fingerprint density at radius 2 is 1.23 bits per heavy atom. The fraction of sp³-hybridized carbons (Fsp3) is 0.783. The Bertz CT molecular complexity index is 1000. The summed E-state index contributed by atoms with van der Waals surface area (Å²) in [6.45, 7) is 6.26. The molecule has 224 valence electrons. The second-order valence-electron chi connectivity index (χ2n) is 9.09. The summed E-state index contributed by atoms with van der Waals surface area (Å²) in [6.07, 6.45) is -10.8. The molecule has 10 unspecified atom stereocenters. The molecule has 0 bridgehead atoms. The minimum atomic E-state index is -1.77. The minimum absolute atomic E-state index is 0.427. The van der Waals surface area contributed by atoms with Gasteiger partial charge in [-0.3, -0.25) is 24.0 Å². The zero-order chi connectivity index (χ0) is 30.1. The van der Waals surface area contributed by atoms with E-state index in [0.717, 1.165) is 34.6 Å². The molecule has 0 saturated carbocycles. The SMILES string of the molecule is CC(=O)OCC1OC(OC2C(COC(C)=O)OC(O)C(N=[N+]=[N-])C2OC(C)=O)C(C)C(OC(C)=O)C1OC(C)=O. The number of carbonyl (C=O) groups is 5. The summed E-state index contributed by atoms with van der Waals surface area (Å²) in [4.78, 5) is 61.4. The van der Waals surface area contributed by atoms with Crippen molar-refractivity contribution >= 4 is 29.8 Å². The number of carbonyl (C=O) groups excluding carboxylic acids is 5. The molecule has 10 atom stereocenters. The number of azide groups is 1. The monoisotopic (exact) mass is 575 g/mol. The Labute approximate surface area is 228 Å². The first-order valence-corrected chi connectivity index (χ1v) is 12.2. The molecule has 17 heteroatoms. The lowest BCUT2D eigenvalue weighted by atomic mass is 9.91. The first kappa shape index (κ1) is 32.7. The molecule has 2 saturated heterocycles. The number of hydrogen-bond donors (Lipinski definition) is 1. The lowest BCUT2D eigenvalue weighted by molar-refractivity contribution is -0.335. The molecule has 2 heterocycles. The lowest BCUT2D eigenvalue weighted by Gasteiger charge is -2.48. The second-order valence-corrected chi connectivity index (χ2v) is 9.09. The van der Waals surface area contributed by atoms with Gasteiger partial charge in [-0.1, -0.05) is 12.0 Å². The van der Waals surface area contributed by atoms with Crippen molar-refractivity contribution in [1.82, 2.24) is 0 Å². The van der Waals surface area contributed by atoms with Crippen LogP contribution in [0.15, 0.2) is 5.11 Å². The van der Waals surface area contributed by atoms with E-state index in [1.807, 2.05) is 0 Å². The van der Waals surface area contributed by atoms with Crippen molar-refractivity contribution in [2.24, 2.45) is 11.0 Å². The van der Waals surface area contributed by atoms with Crippen molar-refractivity contribution in [1.29, 1.82) is 0 Å². The first-order chi connectivity index (χ1) is 18.7. The standard InChI is InChI=1S/C23H33N3O14/c1-9-18(35-12(4)29)19(36-13(5)30)16(8-34-11(3)28)39-23(9)40-20-15(7-33-10(2)27)38-22(32)17(25-26-24)21(20)37-14(6)31/h9,15-23,32H,7-8H2,1-6H3. The highest BCUT2D eigenvalue weighted by atomic mass is 16.7. The summed E-state index contributed by atoms with van der Waals surface area (Å²) < 4.78 is 43.8. The average molecular weight is 576 g/mol. The Hall–Kier alpha value is -3.50. The van der Waals surface area contributed by atoms with Crippen molar-refractivity contribution in [3.63, 3.8) is 0 Å². The molecule has 2 aliphatic heterocycles. The topological polar surface area (TPSA) is 228 Å². The number of rotatable bonds is 10. The molecule has 0 amide bonds. The van der Waals surface area contributed by atoms with Crippen LogP contribution in [0.2, 0.25) is 0 Å². The zero-order valence-electron chi connectivity index (χ0n) is 22.8. The minimum Gasteiger partial charge on any atom is -0.463 e. The summed E-state index contributed by atoms with van der Waals surface area (Å²) >= 11 is 0. The van der Waals surface area contributed by atoms with Crippen LogP contribution in [0.5, 0.6) is 0 Å². The predicted octanol–water partition coefficient (Wildman–Crippen LogP) is 0.0500. The maximum absolute atomic E-state index is 12.0. The van der Waals surface area contributed by atoms with Crippen LogP contribution in [0, 0.1) is 5.92 Å². The van der Waals surface area contributed by atoms with Gasteiger partial charge in [0, 0.05) is 45.4 Å². The zero-order valence-corrected chi connectivity index (χ0v) is 22.8. The maximum Gasteiger partial charge on any atom is 0.303 e. The second kappa shape index (κ2) is 14.8. The third-order valence-corrected chi connectivity index (χ3v) is 5.86. The van der Waals surface area contributed by atoms with E-state index in [1.165, 1.54) is 0 Å². The van der Waals surface area contributed by atoms with Gasteiger partial charge in [0.15, 0.2) is 18.7 Å². The molecular formula is C23H33N3O14. The van der Waals surface area contributed by atoms with E-state index >= 15 is 0 Å². The fourth-order valence-corrected chi connectivity index (χ4v) is 4.30. The summed E-state index contributed by atoms with van der Waals surface area (Å²) in [5.74, 6) is -4.52. The number of aliphatic hydroxyl groups is 1. The van der Waals surface area contributed by atoms with Gasteiger partial charge in [0.2, 0.25) is 0 Å². The molecule has 0 aromatic rings. The van der Waals surface area contributed by atoms with Crippen molar-refractivity contribution in [3.05, 3.63) is 10.4 Å². The summed E-state index contributed by atoms with van der Waals surface area (Å²) in [7, 11) is 0. The average Bonchev–Trinajstić information content (AvgIpc) is 2.83. The fourth-order valence-electron chi connectivity index (χ4n) is 4.30. The molecule has 0 aliphatic carbocycles. The Kier molecular flexibility index (Phi) is 12.1. The third-order valence-electron chi connectivity index (χ3n) is 5.86. The molecule has 2 aliphatic rings. The van der Waals surface area contributed by atoms with Crippen LogP contribution in [0.1, 0.15) is 41.5 Å². The summed E-state index contributed by atoms with van der Waals surface area (Å²) in [6, 6.07) is -1.48. The molecule has 1 N–H and O–H groups in total. The van der Waals surface area contributed by atoms with Crippen LogP contribution >= 0.6 is 0 Å². The Balaban J connectivity index is 2.52. The van der Waals surface area contributed by atoms with E-state index in [4.69, 9.17) is 43.4 Å². The van der Waals surface area contributed by atoms with Crippen LogP contribution in [0.4, 0.5) is 0 Å². The Morgan fingerprint density at radius 3 is 1.70 bits per heavy atom. The summed E-state index contributed by atoms with van der Waals surface area (Å²) in [5, 5.41) is 13.9. The highest BCUT2D eigenvalue weighted by Crippen LogP contribution is 2.36. The third kappa shape index (κ3) is 9.02. The van der Waals surface area contributed by atoms with Gasteiger partial charge in [-0.25, -0.2) is 0 Å². The van der Waals surface area contributed by atoms with Crippen molar-refractivity contribution in [2.45, 2.75) is 96.8 Å². The van der Waals surface area contributed by atoms with Gasteiger partial charge in [-0.05, 0) is 5.53 Å². The van der Waals surface area contributed by atoms with Crippen LogP contribution < -0.4 is 0 Å². The number of aliphatic hydroxyl groups excluding tert-OH is 1. The number of ether oxygens (including phenoxy) is 8.